The van der Waals surface area contributed by atoms with E-state index in [-0.39, 0.29) is 4.90 Å². The second kappa shape index (κ2) is 8.48. The van der Waals surface area contributed by atoms with Crippen molar-refractivity contribution in [1.82, 2.24) is 5.32 Å². The molecule has 0 aromatic heterocycles. The number of sulfone groups is 1. The number of benzene rings is 2. The Balaban J connectivity index is 1.86. The average molecular weight is 359 g/mol. The largest absolute Gasteiger partial charge is 0.497 e. The fraction of sp³-hybridized carbons (Fsp3) is 0.211. The van der Waals surface area contributed by atoms with Crippen LogP contribution in [-0.4, -0.2) is 28.0 Å². The van der Waals surface area contributed by atoms with Crippen molar-refractivity contribution >= 4 is 15.7 Å². The standard InChI is InChI=1S/C19H21NO4S/c1-15-3-9-18(10-4-15)25(22,23)14-12-19(21)20-13-11-16-5-7-17(24-2)8-6-16/h3-10,12,14H,11,13H2,1-2H3,(H,20,21)/b14-12+. The number of carbonyl (C=O) groups is 1. The van der Waals surface area contributed by atoms with Gasteiger partial charge in [-0.15, -0.1) is 0 Å². The molecule has 0 unspecified atom stereocenters. The molecule has 5 nitrogen and oxygen atoms in total. The number of nitrogens with one attached hydrogen (secondary N) is 1. The Morgan fingerprint density at radius 3 is 2.32 bits per heavy atom. The number of rotatable bonds is 7. The maximum Gasteiger partial charge on any atom is 0.244 e. The van der Waals surface area contributed by atoms with Gasteiger partial charge in [0.1, 0.15) is 5.75 Å². The number of methoxy groups -OCH3 is 1. The van der Waals surface area contributed by atoms with E-state index in [4.69, 9.17) is 4.74 Å². The van der Waals surface area contributed by atoms with Crippen molar-refractivity contribution in [2.24, 2.45) is 0 Å². The molecule has 132 valence electrons. The quantitative estimate of drug-likeness (QED) is 0.772. The van der Waals surface area contributed by atoms with Crippen molar-refractivity contribution in [2.45, 2.75) is 18.2 Å². The van der Waals surface area contributed by atoms with Gasteiger partial charge in [-0.3, -0.25) is 4.79 Å². The van der Waals surface area contributed by atoms with E-state index in [2.05, 4.69) is 5.32 Å². The van der Waals surface area contributed by atoms with Gasteiger partial charge in [-0.05, 0) is 43.2 Å². The first-order chi connectivity index (χ1) is 11.9. The van der Waals surface area contributed by atoms with Crippen LogP contribution >= 0.6 is 0 Å². The number of hydrogen-bond acceptors (Lipinski definition) is 4. The van der Waals surface area contributed by atoms with Crippen LogP contribution < -0.4 is 10.1 Å². The van der Waals surface area contributed by atoms with Crippen LogP contribution in [-0.2, 0) is 21.1 Å². The van der Waals surface area contributed by atoms with Gasteiger partial charge in [-0.1, -0.05) is 29.8 Å². The SMILES string of the molecule is COc1ccc(CCNC(=O)/C=C/S(=O)(=O)c2ccc(C)cc2)cc1. The van der Waals surface area contributed by atoms with Crippen LogP contribution in [0.1, 0.15) is 11.1 Å². The first-order valence-corrected chi connectivity index (χ1v) is 9.36. The Kier molecular flexibility index (Phi) is 6.36. The molecule has 1 N–H and O–H groups in total. The summed E-state index contributed by atoms with van der Waals surface area (Å²) in [7, 11) is -2.01. The third-order valence-corrected chi connectivity index (χ3v) is 5.04. The second-order valence-electron chi connectivity index (χ2n) is 5.55. The van der Waals surface area contributed by atoms with Gasteiger partial charge >= 0.3 is 0 Å². The Morgan fingerprint density at radius 2 is 1.72 bits per heavy atom. The maximum atomic E-state index is 12.1. The van der Waals surface area contributed by atoms with E-state index in [0.717, 1.165) is 28.4 Å². The summed E-state index contributed by atoms with van der Waals surface area (Å²) in [5.74, 6) is 0.334. The van der Waals surface area contributed by atoms with Crippen LogP contribution in [0.25, 0.3) is 0 Å². The molecule has 0 bridgehead atoms. The Hall–Kier alpha value is -2.60. The zero-order valence-corrected chi connectivity index (χ0v) is 15.0. The molecule has 0 atom stereocenters. The predicted molar refractivity (Wildman–Crippen MR) is 97.2 cm³/mol. The first-order valence-electron chi connectivity index (χ1n) is 7.81. The molecular weight excluding hydrogens is 338 g/mol. The first kappa shape index (κ1) is 18.7. The molecule has 2 aromatic rings. The summed E-state index contributed by atoms with van der Waals surface area (Å²) in [5.41, 5.74) is 2.02. The lowest BCUT2D eigenvalue weighted by atomic mass is 10.1. The van der Waals surface area contributed by atoms with E-state index in [1.165, 1.54) is 12.1 Å². The Morgan fingerprint density at radius 1 is 1.08 bits per heavy atom. The number of ether oxygens (including phenoxy) is 1. The normalized spacial score (nSPS) is 11.4. The second-order valence-corrected chi connectivity index (χ2v) is 7.38. The lowest BCUT2D eigenvalue weighted by Gasteiger charge is -2.04. The zero-order valence-electron chi connectivity index (χ0n) is 14.2. The smallest absolute Gasteiger partial charge is 0.244 e. The van der Waals surface area contributed by atoms with Crippen molar-refractivity contribution < 1.29 is 17.9 Å². The maximum absolute atomic E-state index is 12.1. The van der Waals surface area contributed by atoms with Crippen LogP contribution in [0.4, 0.5) is 0 Å². The van der Waals surface area contributed by atoms with E-state index in [9.17, 15) is 13.2 Å². The zero-order chi connectivity index (χ0) is 18.3. The topological polar surface area (TPSA) is 72.5 Å². The Bertz CT molecular complexity index is 838. The molecule has 0 saturated heterocycles. The van der Waals surface area contributed by atoms with E-state index >= 15 is 0 Å². The lowest BCUT2D eigenvalue weighted by Crippen LogP contribution is -2.23. The summed E-state index contributed by atoms with van der Waals surface area (Å²) in [6.07, 6.45) is 1.69. The van der Waals surface area contributed by atoms with Crippen LogP contribution in [0, 0.1) is 6.92 Å². The molecule has 25 heavy (non-hydrogen) atoms. The van der Waals surface area contributed by atoms with E-state index in [1.54, 1.807) is 19.2 Å². The van der Waals surface area contributed by atoms with Gasteiger partial charge in [-0.2, -0.15) is 0 Å². The van der Waals surface area contributed by atoms with Gasteiger partial charge in [0.25, 0.3) is 0 Å². The molecule has 0 aliphatic rings. The predicted octanol–water partition coefficient (Wildman–Crippen LogP) is 2.65. The number of hydrogen-bond donors (Lipinski definition) is 1. The minimum atomic E-state index is -3.61. The molecule has 0 saturated carbocycles. The molecule has 2 rings (SSSR count). The third-order valence-electron chi connectivity index (χ3n) is 3.62. The highest BCUT2D eigenvalue weighted by atomic mass is 32.2. The van der Waals surface area contributed by atoms with Crippen LogP contribution in [0.15, 0.2) is 64.9 Å². The molecular formula is C19H21NO4S. The van der Waals surface area contributed by atoms with Gasteiger partial charge in [0, 0.05) is 18.0 Å². The molecule has 1 amide bonds. The molecule has 6 heteroatoms. The molecule has 0 spiro atoms. The fourth-order valence-corrected chi connectivity index (χ4v) is 3.11. The third kappa shape index (κ3) is 5.76. The molecule has 2 aromatic carbocycles. The van der Waals surface area contributed by atoms with Gasteiger partial charge < -0.3 is 10.1 Å². The van der Waals surface area contributed by atoms with Gasteiger partial charge in [0.2, 0.25) is 5.91 Å². The summed E-state index contributed by atoms with van der Waals surface area (Å²) < 4.78 is 29.3. The highest BCUT2D eigenvalue weighted by Gasteiger charge is 2.10. The van der Waals surface area contributed by atoms with Crippen molar-refractivity contribution in [2.75, 3.05) is 13.7 Å². The number of carbonyl (C=O) groups excluding carboxylic acids is 1. The molecule has 0 heterocycles. The van der Waals surface area contributed by atoms with E-state index < -0.39 is 15.7 Å². The summed E-state index contributed by atoms with van der Waals surface area (Å²) in [5, 5.41) is 3.60. The van der Waals surface area contributed by atoms with Crippen LogP contribution in [0.3, 0.4) is 0 Å². The lowest BCUT2D eigenvalue weighted by molar-refractivity contribution is -0.116. The van der Waals surface area contributed by atoms with Gasteiger partial charge in [-0.25, -0.2) is 8.42 Å². The van der Waals surface area contributed by atoms with Gasteiger partial charge in [0.15, 0.2) is 9.84 Å². The number of aryl methyl sites for hydroxylation is 1. The minimum Gasteiger partial charge on any atom is -0.497 e. The van der Waals surface area contributed by atoms with Gasteiger partial charge in [0.05, 0.1) is 12.0 Å². The highest BCUT2D eigenvalue weighted by Crippen LogP contribution is 2.13. The molecule has 0 aliphatic heterocycles. The number of amides is 1. The molecule has 0 aliphatic carbocycles. The van der Waals surface area contributed by atoms with Crippen molar-refractivity contribution in [3.63, 3.8) is 0 Å². The monoisotopic (exact) mass is 359 g/mol. The van der Waals surface area contributed by atoms with Crippen molar-refractivity contribution in [3.8, 4) is 5.75 Å². The van der Waals surface area contributed by atoms with E-state index in [0.29, 0.717) is 13.0 Å². The van der Waals surface area contributed by atoms with Crippen molar-refractivity contribution in [3.05, 3.63) is 71.1 Å². The fourth-order valence-electron chi connectivity index (χ4n) is 2.14. The van der Waals surface area contributed by atoms with Crippen LogP contribution in [0.5, 0.6) is 5.75 Å². The summed E-state index contributed by atoms with van der Waals surface area (Å²) in [6, 6.07) is 14.0. The summed E-state index contributed by atoms with van der Waals surface area (Å²) in [4.78, 5) is 12.0. The molecule has 0 radical (unpaired) electrons. The van der Waals surface area contributed by atoms with Crippen molar-refractivity contribution in [1.29, 1.82) is 0 Å². The highest BCUT2D eigenvalue weighted by molar-refractivity contribution is 7.94. The summed E-state index contributed by atoms with van der Waals surface area (Å²) >= 11 is 0. The van der Waals surface area contributed by atoms with E-state index in [1.807, 2.05) is 31.2 Å². The Labute approximate surface area is 148 Å². The van der Waals surface area contributed by atoms with Crippen LogP contribution in [0.2, 0.25) is 0 Å². The average Bonchev–Trinajstić information content (AvgIpc) is 2.61. The summed E-state index contributed by atoms with van der Waals surface area (Å²) in [6.45, 7) is 2.29. The molecule has 0 fully saturated rings. The minimum absolute atomic E-state index is 0.167.